The van der Waals surface area contributed by atoms with Gasteiger partial charge in [0.2, 0.25) is 0 Å². The first-order valence-electron chi connectivity index (χ1n) is 7.71. The SMILES string of the molecule is CC1OC(=O)N(Cc2ccccc2)C1c1cccnc1N(C)C. The van der Waals surface area contributed by atoms with Crippen molar-refractivity contribution in [2.24, 2.45) is 0 Å². The largest absolute Gasteiger partial charge is 0.444 e. The summed E-state index contributed by atoms with van der Waals surface area (Å²) < 4.78 is 5.49. The summed E-state index contributed by atoms with van der Waals surface area (Å²) in [7, 11) is 3.91. The van der Waals surface area contributed by atoms with Crippen LogP contribution in [0.5, 0.6) is 0 Å². The topological polar surface area (TPSA) is 45.7 Å². The second kappa shape index (κ2) is 6.28. The van der Waals surface area contributed by atoms with Gasteiger partial charge in [-0.25, -0.2) is 9.78 Å². The fourth-order valence-electron chi connectivity index (χ4n) is 3.04. The number of amides is 1. The number of anilines is 1. The van der Waals surface area contributed by atoms with Crippen LogP contribution in [0.2, 0.25) is 0 Å². The molecule has 1 aliphatic rings. The van der Waals surface area contributed by atoms with E-state index in [0.717, 1.165) is 16.9 Å². The number of rotatable bonds is 4. The zero-order valence-electron chi connectivity index (χ0n) is 13.6. The van der Waals surface area contributed by atoms with Crippen molar-refractivity contribution in [2.45, 2.75) is 25.6 Å². The van der Waals surface area contributed by atoms with Gasteiger partial charge in [0.1, 0.15) is 18.0 Å². The van der Waals surface area contributed by atoms with Crippen LogP contribution in [0, 0.1) is 0 Å². The number of ether oxygens (including phenoxy) is 1. The Kier molecular flexibility index (Phi) is 4.19. The third kappa shape index (κ3) is 2.99. The molecule has 0 radical (unpaired) electrons. The number of benzene rings is 1. The predicted octanol–water partition coefficient (Wildman–Crippen LogP) is 3.23. The highest BCUT2D eigenvalue weighted by molar-refractivity contribution is 5.72. The number of aromatic nitrogens is 1. The van der Waals surface area contributed by atoms with Crippen LogP contribution in [-0.4, -0.2) is 36.2 Å². The van der Waals surface area contributed by atoms with Crippen LogP contribution < -0.4 is 4.90 Å². The molecule has 2 atom stereocenters. The van der Waals surface area contributed by atoms with Gasteiger partial charge in [-0.1, -0.05) is 36.4 Å². The van der Waals surface area contributed by atoms with Gasteiger partial charge in [0.25, 0.3) is 0 Å². The highest BCUT2D eigenvalue weighted by Crippen LogP contribution is 2.37. The van der Waals surface area contributed by atoms with Crippen molar-refractivity contribution in [1.82, 2.24) is 9.88 Å². The van der Waals surface area contributed by atoms with E-state index in [1.165, 1.54) is 0 Å². The Labute approximate surface area is 136 Å². The van der Waals surface area contributed by atoms with Gasteiger partial charge < -0.3 is 9.64 Å². The van der Waals surface area contributed by atoms with E-state index >= 15 is 0 Å². The van der Waals surface area contributed by atoms with Crippen LogP contribution in [0.4, 0.5) is 10.6 Å². The summed E-state index contributed by atoms with van der Waals surface area (Å²) in [5.74, 6) is 0.862. The Balaban J connectivity index is 1.97. The number of hydrogen-bond donors (Lipinski definition) is 0. The summed E-state index contributed by atoms with van der Waals surface area (Å²) in [6.45, 7) is 2.45. The molecule has 23 heavy (non-hydrogen) atoms. The van der Waals surface area contributed by atoms with Gasteiger partial charge in [-0.05, 0) is 18.6 Å². The molecule has 2 heterocycles. The molecular formula is C18H21N3O2. The molecule has 0 saturated carbocycles. The highest BCUT2D eigenvalue weighted by atomic mass is 16.6. The maximum absolute atomic E-state index is 12.3. The molecule has 120 valence electrons. The van der Waals surface area contributed by atoms with Crippen LogP contribution in [0.15, 0.2) is 48.7 Å². The minimum absolute atomic E-state index is 0.145. The van der Waals surface area contributed by atoms with Crippen LogP contribution >= 0.6 is 0 Å². The predicted molar refractivity (Wildman–Crippen MR) is 89.2 cm³/mol. The summed E-state index contributed by atoms with van der Waals surface area (Å²) in [6, 6.07) is 13.7. The molecule has 0 spiro atoms. The van der Waals surface area contributed by atoms with Crippen molar-refractivity contribution in [2.75, 3.05) is 19.0 Å². The molecule has 3 rings (SSSR count). The molecule has 0 bridgehead atoms. The van der Waals surface area contributed by atoms with E-state index < -0.39 is 0 Å². The highest BCUT2D eigenvalue weighted by Gasteiger charge is 2.41. The Morgan fingerprint density at radius 1 is 1.17 bits per heavy atom. The summed E-state index contributed by atoms with van der Waals surface area (Å²) >= 11 is 0. The average Bonchev–Trinajstić information content (AvgIpc) is 2.82. The lowest BCUT2D eigenvalue weighted by molar-refractivity contribution is 0.136. The Morgan fingerprint density at radius 3 is 2.61 bits per heavy atom. The van der Waals surface area contributed by atoms with Gasteiger partial charge in [-0.3, -0.25) is 4.90 Å². The molecule has 5 nitrogen and oxygen atoms in total. The minimum atomic E-state index is -0.278. The molecule has 1 fully saturated rings. The molecule has 1 aromatic heterocycles. The minimum Gasteiger partial charge on any atom is -0.444 e. The summed E-state index contributed by atoms with van der Waals surface area (Å²) in [4.78, 5) is 20.5. The van der Waals surface area contributed by atoms with Gasteiger partial charge in [0.05, 0.1) is 0 Å². The lowest BCUT2D eigenvalue weighted by Gasteiger charge is -2.27. The Morgan fingerprint density at radius 2 is 1.91 bits per heavy atom. The van der Waals surface area contributed by atoms with Crippen molar-refractivity contribution >= 4 is 11.9 Å². The molecule has 0 N–H and O–H groups in total. The summed E-state index contributed by atoms with van der Waals surface area (Å²) in [5, 5.41) is 0. The van der Waals surface area contributed by atoms with E-state index in [2.05, 4.69) is 4.98 Å². The molecule has 1 aromatic carbocycles. The molecule has 1 saturated heterocycles. The van der Waals surface area contributed by atoms with Gasteiger partial charge in [0, 0.05) is 32.4 Å². The third-order valence-corrected chi connectivity index (χ3v) is 4.06. The fourth-order valence-corrected chi connectivity index (χ4v) is 3.04. The molecule has 5 heteroatoms. The van der Waals surface area contributed by atoms with Crippen molar-refractivity contribution < 1.29 is 9.53 Å². The number of cyclic esters (lactones) is 1. The van der Waals surface area contributed by atoms with E-state index in [0.29, 0.717) is 6.54 Å². The molecule has 2 unspecified atom stereocenters. The number of hydrogen-bond acceptors (Lipinski definition) is 4. The number of nitrogens with zero attached hydrogens (tertiary/aromatic N) is 3. The van der Waals surface area contributed by atoms with Crippen molar-refractivity contribution in [1.29, 1.82) is 0 Å². The van der Waals surface area contributed by atoms with E-state index in [4.69, 9.17) is 4.74 Å². The first-order chi connectivity index (χ1) is 11.1. The standard InChI is InChI=1S/C18H21N3O2/c1-13-16(15-10-7-11-19-17(15)20(2)3)21(18(22)23-13)12-14-8-5-4-6-9-14/h4-11,13,16H,12H2,1-3H3. The Hall–Kier alpha value is -2.56. The lowest BCUT2D eigenvalue weighted by Crippen LogP contribution is -2.30. The van der Waals surface area contributed by atoms with Crippen molar-refractivity contribution in [3.05, 3.63) is 59.8 Å². The molecule has 2 aromatic rings. The quantitative estimate of drug-likeness (QED) is 0.869. The van der Waals surface area contributed by atoms with Crippen LogP contribution in [0.1, 0.15) is 24.1 Å². The smallest absolute Gasteiger partial charge is 0.411 e. The fraction of sp³-hybridized carbons (Fsp3) is 0.333. The third-order valence-electron chi connectivity index (χ3n) is 4.06. The normalized spacial score (nSPS) is 20.5. The Bertz CT molecular complexity index is 688. The second-order valence-electron chi connectivity index (χ2n) is 5.96. The van der Waals surface area contributed by atoms with E-state index in [1.54, 1.807) is 11.1 Å². The lowest BCUT2D eigenvalue weighted by atomic mass is 10.0. The number of pyridine rings is 1. The van der Waals surface area contributed by atoms with Crippen molar-refractivity contribution in [3.8, 4) is 0 Å². The average molecular weight is 311 g/mol. The summed E-state index contributed by atoms with van der Waals surface area (Å²) in [6.07, 6.45) is 1.27. The maximum Gasteiger partial charge on any atom is 0.411 e. The number of carbonyl (C=O) groups excluding carboxylic acids is 1. The molecule has 1 amide bonds. The maximum atomic E-state index is 12.3. The zero-order chi connectivity index (χ0) is 16.4. The van der Waals surface area contributed by atoms with Gasteiger partial charge >= 0.3 is 6.09 Å². The van der Waals surface area contributed by atoms with Crippen LogP contribution in [-0.2, 0) is 11.3 Å². The first kappa shape index (κ1) is 15.3. The molecule has 0 aliphatic carbocycles. The monoisotopic (exact) mass is 311 g/mol. The van der Waals surface area contributed by atoms with E-state index in [-0.39, 0.29) is 18.2 Å². The summed E-state index contributed by atoms with van der Waals surface area (Å²) in [5.41, 5.74) is 2.09. The molecule has 1 aliphatic heterocycles. The second-order valence-corrected chi connectivity index (χ2v) is 5.96. The number of carbonyl (C=O) groups is 1. The van der Waals surface area contributed by atoms with Crippen LogP contribution in [0.25, 0.3) is 0 Å². The van der Waals surface area contributed by atoms with Gasteiger partial charge in [-0.15, -0.1) is 0 Å². The van der Waals surface area contributed by atoms with E-state index in [9.17, 15) is 4.79 Å². The molecular weight excluding hydrogens is 290 g/mol. The first-order valence-corrected chi connectivity index (χ1v) is 7.71. The van der Waals surface area contributed by atoms with Gasteiger partial charge in [0.15, 0.2) is 0 Å². The van der Waals surface area contributed by atoms with Gasteiger partial charge in [-0.2, -0.15) is 0 Å². The van der Waals surface area contributed by atoms with Crippen molar-refractivity contribution in [3.63, 3.8) is 0 Å². The van der Waals surface area contributed by atoms with E-state index in [1.807, 2.05) is 68.4 Å². The van der Waals surface area contributed by atoms with Crippen LogP contribution in [0.3, 0.4) is 0 Å². The zero-order valence-corrected chi connectivity index (χ0v) is 13.6.